The molecular weight excluding hydrogens is 350 g/mol. The summed E-state index contributed by atoms with van der Waals surface area (Å²) in [7, 11) is 0. The first-order valence-electron chi connectivity index (χ1n) is 8.76. The third-order valence-electron chi connectivity index (χ3n) is 4.12. The lowest BCUT2D eigenvalue weighted by Gasteiger charge is -2.40. The Kier molecular flexibility index (Phi) is 7.04. The van der Waals surface area contributed by atoms with Gasteiger partial charge in [0.15, 0.2) is 6.23 Å². The fourth-order valence-corrected chi connectivity index (χ4v) is 3.03. The van der Waals surface area contributed by atoms with E-state index in [1.807, 2.05) is 35.2 Å². The molecule has 0 radical (unpaired) electrons. The number of likely N-dealkylation sites (tertiary alicyclic amines) is 1. The number of carbonyl (C=O) groups is 2. The molecule has 1 aliphatic heterocycles. The molecule has 146 valence electrons. The van der Waals surface area contributed by atoms with Crippen LogP contribution in [0.1, 0.15) is 39.0 Å². The summed E-state index contributed by atoms with van der Waals surface area (Å²) in [6, 6.07) is 8.44. The highest BCUT2D eigenvalue weighted by molar-refractivity contribution is 5.68. The molecule has 0 saturated carbocycles. The van der Waals surface area contributed by atoms with Crippen molar-refractivity contribution in [1.29, 1.82) is 0 Å². The van der Waals surface area contributed by atoms with Gasteiger partial charge in [0.25, 0.3) is 6.47 Å². The van der Waals surface area contributed by atoms with Crippen LogP contribution in [-0.2, 0) is 14.3 Å². The third-order valence-corrected chi connectivity index (χ3v) is 4.12. The van der Waals surface area contributed by atoms with Gasteiger partial charge in [-0.1, -0.05) is 35.4 Å². The zero-order valence-electron chi connectivity index (χ0n) is 15.7. The van der Waals surface area contributed by atoms with E-state index in [1.165, 1.54) is 0 Å². The highest BCUT2D eigenvalue weighted by Crippen LogP contribution is 2.27. The first-order valence-corrected chi connectivity index (χ1v) is 8.76. The van der Waals surface area contributed by atoms with E-state index in [-0.39, 0.29) is 6.04 Å². The van der Waals surface area contributed by atoms with Gasteiger partial charge < -0.3 is 14.8 Å². The molecule has 9 nitrogen and oxygen atoms in total. The minimum Gasteiger partial charge on any atom is -0.444 e. The smallest absolute Gasteiger partial charge is 0.407 e. The van der Waals surface area contributed by atoms with Crippen molar-refractivity contribution in [2.24, 2.45) is 5.11 Å². The van der Waals surface area contributed by atoms with Gasteiger partial charge in [-0.15, -0.1) is 0 Å². The van der Waals surface area contributed by atoms with Crippen LogP contribution in [0.15, 0.2) is 35.4 Å². The Morgan fingerprint density at radius 3 is 2.70 bits per heavy atom. The predicted molar refractivity (Wildman–Crippen MR) is 98.6 cm³/mol. The topological polar surface area (TPSA) is 117 Å². The quantitative estimate of drug-likeness (QED) is 0.355. The number of hydrogen-bond donors (Lipinski definition) is 1. The maximum atomic E-state index is 12.1. The average Bonchev–Trinajstić information content (AvgIpc) is 2.60. The molecule has 1 amide bonds. The molecule has 0 spiro atoms. The Labute approximate surface area is 158 Å². The molecule has 9 heteroatoms. The molecule has 1 N–H and O–H groups in total. The van der Waals surface area contributed by atoms with Gasteiger partial charge in [-0.05, 0) is 32.7 Å². The van der Waals surface area contributed by atoms with Crippen molar-refractivity contribution < 1.29 is 19.1 Å². The number of nitrogens with zero attached hydrogens (tertiary/aromatic N) is 4. The molecule has 3 atom stereocenters. The van der Waals surface area contributed by atoms with Crippen molar-refractivity contribution in [2.75, 3.05) is 13.1 Å². The van der Waals surface area contributed by atoms with Crippen molar-refractivity contribution in [2.45, 2.75) is 51.1 Å². The van der Waals surface area contributed by atoms with E-state index in [0.29, 0.717) is 26.0 Å². The summed E-state index contributed by atoms with van der Waals surface area (Å²) >= 11 is 0. The van der Waals surface area contributed by atoms with E-state index in [4.69, 9.17) is 15.0 Å². The van der Waals surface area contributed by atoms with Crippen LogP contribution >= 0.6 is 0 Å². The summed E-state index contributed by atoms with van der Waals surface area (Å²) in [6.07, 6.45) is -0.612. The van der Waals surface area contributed by atoms with Gasteiger partial charge in [0.2, 0.25) is 0 Å². The maximum absolute atomic E-state index is 12.1. The van der Waals surface area contributed by atoms with Crippen molar-refractivity contribution in [3.63, 3.8) is 0 Å². The highest BCUT2D eigenvalue weighted by Gasteiger charge is 2.35. The Bertz CT molecular complexity index is 685. The van der Waals surface area contributed by atoms with Crippen molar-refractivity contribution in [3.05, 3.63) is 46.3 Å². The van der Waals surface area contributed by atoms with Gasteiger partial charge in [0.05, 0.1) is 6.04 Å². The number of carbonyl (C=O) groups excluding carboxylic acids is 2. The van der Waals surface area contributed by atoms with Gasteiger partial charge in [-0.2, -0.15) is 0 Å². The lowest BCUT2D eigenvalue weighted by molar-refractivity contribution is -0.146. The number of nitrogens with one attached hydrogen (secondary N) is 1. The second-order valence-corrected chi connectivity index (χ2v) is 7.30. The van der Waals surface area contributed by atoms with Crippen LogP contribution in [0.5, 0.6) is 0 Å². The van der Waals surface area contributed by atoms with E-state index >= 15 is 0 Å². The van der Waals surface area contributed by atoms with E-state index in [1.54, 1.807) is 20.8 Å². The summed E-state index contributed by atoms with van der Waals surface area (Å²) < 4.78 is 10.6. The van der Waals surface area contributed by atoms with Crippen molar-refractivity contribution in [1.82, 2.24) is 10.2 Å². The largest absolute Gasteiger partial charge is 0.444 e. The molecule has 1 fully saturated rings. The molecule has 1 heterocycles. The molecular formula is C18H25N5O4. The number of benzene rings is 1. The number of alkyl carbamates (subject to hydrolysis) is 1. The van der Waals surface area contributed by atoms with Gasteiger partial charge in [0.1, 0.15) is 5.60 Å². The molecule has 3 unspecified atom stereocenters. The molecule has 1 saturated heterocycles. The minimum atomic E-state index is -0.616. The van der Waals surface area contributed by atoms with Crippen LogP contribution in [-0.4, -0.2) is 48.2 Å². The van der Waals surface area contributed by atoms with Crippen LogP contribution in [0, 0.1) is 0 Å². The normalized spacial score (nSPS) is 21.4. The molecule has 1 aliphatic rings. The van der Waals surface area contributed by atoms with Crippen LogP contribution in [0.25, 0.3) is 10.4 Å². The second kappa shape index (κ2) is 9.25. The Balaban J connectivity index is 2.10. The Morgan fingerprint density at radius 2 is 2.11 bits per heavy atom. The first-order chi connectivity index (χ1) is 12.8. The minimum absolute atomic E-state index is 0.331. The predicted octanol–water partition coefficient (Wildman–Crippen LogP) is 3.14. The number of hydrogen-bond acceptors (Lipinski definition) is 6. The number of azide groups is 1. The summed E-state index contributed by atoms with van der Waals surface area (Å²) in [6.45, 7) is 6.62. The lowest BCUT2D eigenvalue weighted by atomic mass is 9.99. The van der Waals surface area contributed by atoms with Gasteiger partial charge in [-0.25, -0.2) is 4.79 Å². The molecule has 0 bridgehead atoms. The SMILES string of the molecule is CC(C)(C)OC(=O)NC1CCN(C(OC=O)c2ccccc2)CC1N=[N+]=[N-]. The van der Waals surface area contributed by atoms with Crippen LogP contribution in [0.3, 0.4) is 0 Å². The fourth-order valence-electron chi connectivity index (χ4n) is 3.03. The summed E-state index contributed by atoms with van der Waals surface area (Å²) in [5.41, 5.74) is 9.12. The lowest BCUT2D eigenvalue weighted by Crippen LogP contribution is -2.54. The zero-order chi connectivity index (χ0) is 19.9. The molecule has 2 rings (SSSR count). The molecule has 1 aromatic carbocycles. The summed E-state index contributed by atoms with van der Waals surface area (Å²) in [4.78, 5) is 27.9. The number of ether oxygens (including phenoxy) is 2. The number of rotatable bonds is 6. The van der Waals surface area contributed by atoms with E-state index in [9.17, 15) is 9.59 Å². The average molecular weight is 375 g/mol. The monoisotopic (exact) mass is 375 g/mol. The van der Waals surface area contributed by atoms with E-state index in [0.717, 1.165) is 5.56 Å². The molecule has 27 heavy (non-hydrogen) atoms. The van der Waals surface area contributed by atoms with Crippen molar-refractivity contribution in [3.8, 4) is 0 Å². The van der Waals surface area contributed by atoms with E-state index < -0.39 is 24.0 Å². The number of amides is 1. The maximum Gasteiger partial charge on any atom is 0.407 e. The van der Waals surface area contributed by atoms with E-state index in [2.05, 4.69) is 15.3 Å². The van der Waals surface area contributed by atoms with Gasteiger partial charge >= 0.3 is 6.09 Å². The highest BCUT2D eigenvalue weighted by atomic mass is 16.6. The molecule has 0 aromatic heterocycles. The van der Waals surface area contributed by atoms with Crippen molar-refractivity contribution >= 4 is 12.6 Å². The Hall–Kier alpha value is -2.77. The van der Waals surface area contributed by atoms with Gasteiger partial charge in [0, 0.05) is 29.6 Å². The summed E-state index contributed by atoms with van der Waals surface area (Å²) in [5.74, 6) is 0. The third kappa shape index (κ3) is 6.16. The standard InChI is InChI=1S/C18H25N5O4/c1-18(2,3)27-17(25)20-14-9-10-23(11-15(14)21-22-19)16(26-12-24)13-7-5-4-6-8-13/h4-8,12,14-16H,9-11H2,1-3H3,(H,20,25). The molecule has 1 aromatic rings. The van der Waals surface area contributed by atoms with Crippen LogP contribution < -0.4 is 5.32 Å². The number of piperidine rings is 1. The van der Waals surface area contributed by atoms with Crippen LogP contribution in [0.2, 0.25) is 0 Å². The first kappa shape index (κ1) is 20.5. The fraction of sp³-hybridized carbons (Fsp3) is 0.556. The molecule has 0 aliphatic carbocycles. The zero-order valence-corrected chi connectivity index (χ0v) is 15.7. The van der Waals surface area contributed by atoms with Gasteiger partial charge in [-0.3, -0.25) is 9.69 Å². The van der Waals surface area contributed by atoms with Crippen LogP contribution in [0.4, 0.5) is 4.79 Å². The summed E-state index contributed by atoms with van der Waals surface area (Å²) in [5, 5.41) is 6.60. The Morgan fingerprint density at radius 1 is 1.41 bits per heavy atom. The second-order valence-electron chi connectivity index (χ2n) is 7.30.